The fourth-order valence-corrected chi connectivity index (χ4v) is 3.48. The average Bonchev–Trinajstić information content (AvgIpc) is 2.42. The summed E-state index contributed by atoms with van der Waals surface area (Å²) in [4.78, 5) is 11.6. The minimum atomic E-state index is -0.428. The number of fused-ring (bicyclic) bond motifs is 1. The highest BCUT2D eigenvalue weighted by molar-refractivity contribution is 5.92. The third-order valence-corrected chi connectivity index (χ3v) is 4.13. The van der Waals surface area contributed by atoms with E-state index in [-0.39, 0.29) is 11.5 Å². The number of ketones is 1. The Morgan fingerprint density at radius 1 is 1.69 bits per heavy atom. The molecular formula is C10H14O3. The van der Waals surface area contributed by atoms with Crippen LogP contribution in [0.1, 0.15) is 19.8 Å². The first-order valence-electron chi connectivity index (χ1n) is 5.01. The van der Waals surface area contributed by atoms with Crippen molar-refractivity contribution < 1.29 is 14.6 Å². The summed E-state index contributed by atoms with van der Waals surface area (Å²) in [5.74, 6) is 1.26. The largest absolute Gasteiger partial charge is 0.391 e. The van der Waals surface area contributed by atoms with Gasteiger partial charge in [-0.3, -0.25) is 4.79 Å². The SMILES string of the molecule is C[C@H](O)[C@@H]1OC[C@@]23C(=O)CC[C@@H]2[C@@H]13. The van der Waals surface area contributed by atoms with Gasteiger partial charge < -0.3 is 9.84 Å². The van der Waals surface area contributed by atoms with Gasteiger partial charge in [0.1, 0.15) is 5.78 Å². The van der Waals surface area contributed by atoms with Crippen LogP contribution in [0.4, 0.5) is 0 Å². The second-order valence-electron chi connectivity index (χ2n) is 4.65. The molecule has 3 rings (SSSR count). The fourth-order valence-electron chi connectivity index (χ4n) is 3.48. The minimum absolute atomic E-state index is 0.0748. The van der Waals surface area contributed by atoms with Gasteiger partial charge in [0.15, 0.2) is 0 Å². The number of rotatable bonds is 1. The summed E-state index contributed by atoms with van der Waals surface area (Å²) in [6.07, 6.45) is 1.25. The number of carbonyl (C=O) groups excluding carboxylic acids is 1. The zero-order chi connectivity index (χ0) is 9.22. The van der Waals surface area contributed by atoms with E-state index in [9.17, 15) is 9.90 Å². The molecular weight excluding hydrogens is 168 g/mol. The highest BCUT2D eigenvalue weighted by Crippen LogP contribution is 2.71. The van der Waals surface area contributed by atoms with Crippen LogP contribution in [-0.4, -0.2) is 29.7 Å². The van der Waals surface area contributed by atoms with E-state index in [1.54, 1.807) is 6.92 Å². The molecule has 2 aliphatic carbocycles. The first kappa shape index (κ1) is 7.94. The Kier molecular flexibility index (Phi) is 1.31. The smallest absolute Gasteiger partial charge is 0.142 e. The van der Waals surface area contributed by atoms with Crippen molar-refractivity contribution in [3.05, 3.63) is 0 Å². The van der Waals surface area contributed by atoms with Gasteiger partial charge in [0.25, 0.3) is 0 Å². The summed E-state index contributed by atoms with van der Waals surface area (Å²) in [5.41, 5.74) is -0.137. The standard InChI is InChI=1S/C10H14O3/c1-5(11)9-8-6-2-3-7(12)10(6,8)4-13-9/h5-6,8-9,11H,2-4H2,1H3/t5-,6+,8-,9-,10-/m0/s1. The van der Waals surface area contributed by atoms with Crippen LogP contribution in [-0.2, 0) is 9.53 Å². The molecule has 1 spiro atoms. The van der Waals surface area contributed by atoms with Crippen molar-refractivity contribution in [1.82, 2.24) is 0 Å². The zero-order valence-corrected chi connectivity index (χ0v) is 7.69. The maximum absolute atomic E-state index is 11.6. The monoisotopic (exact) mass is 182 g/mol. The number of hydrogen-bond donors (Lipinski definition) is 1. The fraction of sp³-hybridized carbons (Fsp3) is 0.900. The molecule has 1 N–H and O–H groups in total. The van der Waals surface area contributed by atoms with Crippen molar-refractivity contribution in [3.63, 3.8) is 0 Å². The van der Waals surface area contributed by atoms with Gasteiger partial charge in [-0.1, -0.05) is 0 Å². The molecule has 0 radical (unpaired) electrons. The topological polar surface area (TPSA) is 46.5 Å². The number of carbonyl (C=O) groups is 1. The van der Waals surface area contributed by atoms with Gasteiger partial charge in [-0.15, -0.1) is 0 Å². The lowest BCUT2D eigenvalue weighted by Gasteiger charge is -2.16. The van der Waals surface area contributed by atoms with Gasteiger partial charge in [0.05, 0.1) is 24.2 Å². The third kappa shape index (κ3) is 0.716. The molecule has 1 heterocycles. The van der Waals surface area contributed by atoms with Gasteiger partial charge in [-0.25, -0.2) is 0 Å². The molecule has 13 heavy (non-hydrogen) atoms. The van der Waals surface area contributed by atoms with E-state index in [0.717, 1.165) is 12.8 Å². The zero-order valence-electron chi connectivity index (χ0n) is 7.69. The molecule has 72 valence electrons. The molecule has 0 amide bonds. The lowest BCUT2D eigenvalue weighted by Crippen LogP contribution is -2.26. The minimum Gasteiger partial charge on any atom is -0.391 e. The molecule has 1 saturated heterocycles. The maximum atomic E-state index is 11.6. The van der Waals surface area contributed by atoms with E-state index in [4.69, 9.17) is 4.74 Å². The molecule has 0 aromatic heterocycles. The van der Waals surface area contributed by atoms with Gasteiger partial charge in [0, 0.05) is 12.3 Å². The van der Waals surface area contributed by atoms with Crippen LogP contribution in [0.25, 0.3) is 0 Å². The molecule has 3 fully saturated rings. The number of hydrogen-bond acceptors (Lipinski definition) is 3. The Morgan fingerprint density at radius 2 is 2.46 bits per heavy atom. The predicted molar refractivity (Wildman–Crippen MR) is 45.1 cm³/mol. The summed E-state index contributed by atoms with van der Waals surface area (Å²) in [5, 5.41) is 9.45. The van der Waals surface area contributed by atoms with Crippen LogP contribution in [0.5, 0.6) is 0 Å². The number of aliphatic hydroxyl groups is 1. The summed E-state index contributed by atoms with van der Waals surface area (Å²) in [6.45, 7) is 2.32. The molecule has 0 aromatic carbocycles. The molecule has 0 aromatic rings. The van der Waals surface area contributed by atoms with Crippen LogP contribution in [0.15, 0.2) is 0 Å². The second kappa shape index (κ2) is 2.15. The molecule has 3 heteroatoms. The first-order chi connectivity index (χ1) is 6.18. The van der Waals surface area contributed by atoms with E-state index in [1.807, 2.05) is 0 Å². The maximum Gasteiger partial charge on any atom is 0.142 e. The summed E-state index contributed by atoms with van der Waals surface area (Å²) in [7, 11) is 0. The van der Waals surface area contributed by atoms with E-state index < -0.39 is 6.10 Å². The van der Waals surface area contributed by atoms with E-state index in [2.05, 4.69) is 0 Å². The van der Waals surface area contributed by atoms with Gasteiger partial charge in [0.2, 0.25) is 0 Å². The third-order valence-electron chi connectivity index (χ3n) is 4.13. The normalized spacial score (nSPS) is 54.6. The Morgan fingerprint density at radius 3 is 3.08 bits per heavy atom. The Bertz CT molecular complexity index is 273. The van der Waals surface area contributed by atoms with Crippen LogP contribution in [0, 0.1) is 17.3 Å². The Labute approximate surface area is 77.1 Å². The molecule has 1 aliphatic heterocycles. The van der Waals surface area contributed by atoms with Gasteiger partial charge in [-0.2, -0.15) is 0 Å². The van der Waals surface area contributed by atoms with Crippen LogP contribution in [0.2, 0.25) is 0 Å². The predicted octanol–water partition coefficient (Wildman–Crippen LogP) is 0.361. The van der Waals surface area contributed by atoms with Crippen molar-refractivity contribution in [2.45, 2.75) is 32.0 Å². The highest BCUT2D eigenvalue weighted by Gasteiger charge is 2.77. The second-order valence-corrected chi connectivity index (χ2v) is 4.65. The molecule has 2 saturated carbocycles. The van der Waals surface area contributed by atoms with Crippen molar-refractivity contribution in [1.29, 1.82) is 0 Å². The van der Waals surface area contributed by atoms with Crippen LogP contribution >= 0.6 is 0 Å². The summed E-state index contributed by atoms with van der Waals surface area (Å²) < 4.78 is 5.48. The van der Waals surface area contributed by atoms with Crippen molar-refractivity contribution in [2.24, 2.45) is 17.3 Å². The first-order valence-corrected chi connectivity index (χ1v) is 5.01. The van der Waals surface area contributed by atoms with Gasteiger partial charge in [-0.05, 0) is 19.3 Å². The Hall–Kier alpha value is -0.410. The molecule has 0 bridgehead atoms. The summed E-state index contributed by atoms with van der Waals surface area (Å²) in [6, 6.07) is 0. The lowest BCUT2D eigenvalue weighted by atomic mass is 9.97. The molecule has 3 nitrogen and oxygen atoms in total. The number of aliphatic hydroxyl groups excluding tert-OH is 1. The van der Waals surface area contributed by atoms with E-state index in [1.165, 1.54) is 0 Å². The summed E-state index contributed by atoms with van der Waals surface area (Å²) >= 11 is 0. The number of ether oxygens (including phenoxy) is 1. The average molecular weight is 182 g/mol. The van der Waals surface area contributed by atoms with Crippen LogP contribution < -0.4 is 0 Å². The molecule has 3 aliphatic rings. The van der Waals surface area contributed by atoms with Crippen molar-refractivity contribution in [2.75, 3.05) is 6.61 Å². The molecule has 0 unspecified atom stereocenters. The number of Topliss-reactive ketones (excluding diaryl/α,β-unsaturated/α-hetero) is 1. The molecule has 5 atom stereocenters. The van der Waals surface area contributed by atoms with E-state index in [0.29, 0.717) is 24.2 Å². The van der Waals surface area contributed by atoms with Crippen molar-refractivity contribution in [3.8, 4) is 0 Å². The highest BCUT2D eigenvalue weighted by atomic mass is 16.5. The van der Waals surface area contributed by atoms with Crippen molar-refractivity contribution >= 4 is 5.78 Å². The van der Waals surface area contributed by atoms with Crippen LogP contribution in [0.3, 0.4) is 0 Å². The van der Waals surface area contributed by atoms with E-state index >= 15 is 0 Å². The quantitative estimate of drug-likeness (QED) is 0.637. The van der Waals surface area contributed by atoms with Gasteiger partial charge >= 0.3 is 0 Å². The lowest BCUT2D eigenvalue weighted by molar-refractivity contribution is -0.123. The Balaban J connectivity index is 1.89.